The van der Waals surface area contributed by atoms with Crippen LogP contribution in [0.2, 0.25) is 10.0 Å². The molecule has 5 aromatic rings. The fourth-order valence-corrected chi connectivity index (χ4v) is 10.9. The maximum absolute atomic E-state index is 13.6. The fourth-order valence-electron chi connectivity index (χ4n) is 9.22. The van der Waals surface area contributed by atoms with Crippen LogP contribution in [0.4, 0.5) is 20.3 Å². The Morgan fingerprint density at radius 3 is 2.67 bits per heavy atom. The molecule has 57 heavy (non-hydrogen) atoms. The van der Waals surface area contributed by atoms with Crippen LogP contribution in [-0.4, -0.2) is 75.7 Å². The number of hydrogen-bond acceptors (Lipinski definition) is 11. The van der Waals surface area contributed by atoms with Gasteiger partial charge in [-0.25, -0.2) is 15.0 Å². The molecule has 4 fully saturated rings. The molecule has 3 aromatic heterocycles. The lowest BCUT2D eigenvalue weighted by Gasteiger charge is -2.37. The van der Waals surface area contributed by atoms with Crippen LogP contribution >= 0.6 is 34.5 Å². The topological polar surface area (TPSA) is 130 Å². The molecule has 0 spiro atoms. The molecule has 296 valence electrons. The molecule has 4 aliphatic heterocycles. The van der Waals surface area contributed by atoms with Crippen LogP contribution in [0.15, 0.2) is 54.7 Å². The van der Waals surface area contributed by atoms with Crippen LogP contribution < -0.4 is 20.7 Å². The van der Waals surface area contributed by atoms with E-state index in [1.54, 1.807) is 29.7 Å². The lowest BCUT2D eigenvalue weighted by Crippen LogP contribution is -2.45. The van der Waals surface area contributed by atoms with Crippen molar-refractivity contribution in [1.82, 2.24) is 30.5 Å². The number of pyridine rings is 2. The Morgan fingerprint density at radius 1 is 1.11 bits per heavy atom. The smallest absolute Gasteiger partial charge is 0.388 e. The van der Waals surface area contributed by atoms with Crippen molar-refractivity contribution in [3.63, 3.8) is 0 Å². The second kappa shape index (κ2) is 15.0. The molecule has 0 saturated carbocycles. The van der Waals surface area contributed by atoms with Crippen LogP contribution in [-0.2, 0) is 27.3 Å². The summed E-state index contributed by atoms with van der Waals surface area (Å²) in [5, 5.41) is 11.3. The number of anilines is 2. The number of thiazole rings is 1. The van der Waals surface area contributed by atoms with Crippen molar-refractivity contribution in [2.45, 2.75) is 82.3 Å². The standard InChI is InChI=1S/C41H39Cl2F2N7O4S/c1-20-13-29(50-38(56-40(44)45)27(20)19-46-18-22-9-10-32(53)48-22)26-7-3-5-24(34(26)42)25-6-4-8-28(35(25)43)49-37-36-30(11-12-47-37)57-33(51-36)17-41-16-23-14-21(39(54)55-2)15-31(41)52(23)41/h3-8,11-13,21-23,31,40,46H,9-10,14-19H2,1-2H3,(H,47,49)(H,48,53)/t21?,22-,23?,31?,41?,52?/m0/s1. The first-order valence-electron chi connectivity index (χ1n) is 18.9. The normalized spacial score (nSPS) is 24.5. The van der Waals surface area contributed by atoms with E-state index >= 15 is 0 Å². The summed E-state index contributed by atoms with van der Waals surface area (Å²) >= 11 is 15.9. The Morgan fingerprint density at radius 2 is 1.89 bits per heavy atom. The minimum Gasteiger partial charge on any atom is -0.469 e. The Balaban J connectivity index is 0.952. The van der Waals surface area contributed by atoms with E-state index in [1.165, 1.54) is 7.11 Å². The number of aromatic nitrogens is 3. The number of methoxy groups -OCH3 is 1. The van der Waals surface area contributed by atoms with E-state index in [0.29, 0.717) is 86.5 Å². The number of hydrogen-bond donors (Lipinski definition) is 3. The van der Waals surface area contributed by atoms with Gasteiger partial charge in [0.05, 0.1) is 44.2 Å². The predicted molar refractivity (Wildman–Crippen MR) is 215 cm³/mol. The Labute approximate surface area is 341 Å². The highest BCUT2D eigenvalue weighted by molar-refractivity contribution is 7.18. The van der Waals surface area contributed by atoms with E-state index in [9.17, 15) is 18.4 Å². The van der Waals surface area contributed by atoms with E-state index in [0.717, 1.165) is 40.9 Å². The first-order valence-corrected chi connectivity index (χ1v) is 20.5. The average molecular weight is 835 g/mol. The van der Waals surface area contributed by atoms with Gasteiger partial charge < -0.3 is 25.4 Å². The third kappa shape index (κ3) is 6.98. The van der Waals surface area contributed by atoms with E-state index in [4.69, 9.17) is 37.7 Å². The van der Waals surface area contributed by atoms with Gasteiger partial charge in [0.15, 0.2) is 5.82 Å². The maximum Gasteiger partial charge on any atom is 0.388 e. The number of carbonyl (C=O) groups excluding carboxylic acids is 2. The number of fused-ring (bicyclic) bond motifs is 2. The molecular formula is C41H39Cl2F2N7O4S. The van der Waals surface area contributed by atoms with Gasteiger partial charge in [0.1, 0.15) is 5.52 Å². The molecule has 7 heterocycles. The lowest BCUT2D eigenvalue weighted by atomic mass is 9.87. The molecule has 0 aliphatic carbocycles. The van der Waals surface area contributed by atoms with Crippen molar-refractivity contribution < 1.29 is 27.8 Å². The van der Waals surface area contributed by atoms with Crippen LogP contribution in [0, 0.1) is 12.8 Å². The van der Waals surface area contributed by atoms with Gasteiger partial charge in [-0.15, -0.1) is 11.3 Å². The van der Waals surface area contributed by atoms with Gasteiger partial charge in [-0.05, 0) is 56.4 Å². The molecule has 0 bridgehead atoms. The van der Waals surface area contributed by atoms with Gasteiger partial charge in [-0.2, -0.15) is 8.78 Å². The van der Waals surface area contributed by atoms with Gasteiger partial charge >= 0.3 is 12.6 Å². The number of alkyl halides is 2. The second-order valence-corrected chi connectivity index (χ2v) is 17.1. The number of esters is 1. The predicted octanol–water partition coefficient (Wildman–Crippen LogP) is 8.07. The fraction of sp³-hybridized carbons (Fsp3) is 0.390. The summed E-state index contributed by atoms with van der Waals surface area (Å²) in [5.41, 5.74) is 4.77. The molecule has 4 saturated heterocycles. The highest BCUT2D eigenvalue weighted by Gasteiger charge is 2.75. The van der Waals surface area contributed by atoms with Crippen LogP contribution in [0.3, 0.4) is 0 Å². The number of nitrogens with zero attached hydrogens (tertiary/aromatic N) is 4. The third-order valence-corrected chi connectivity index (χ3v) is 13.7. The Bertz CT molecular complexity index is 2420. The van der Waals surface area contributed by atoms with Crippen molar-refractivity contribution in [3.05, 3.63) is 80.9 Å². The van der Waals surface area contributed by atoms with E-state index in [2.05, 4.69) is 30.8 Å². The van der Waals surface area contributed by atoms with E-state index in [1.807, 2.05) is 43.3 Å². The highest BCUT2D eigenvalue weighted by atomic mass is 35.5. The van der Waals surface area contributed by atoms with Crippen LogP contribution in [0.1, 0.15) is 48.2 Å². The van der Waals surface area contributed by atoms with Gasteiger partial charge in [-0.3, -0.25) is 14.5 Å². The van der Waals surface area contributed by atoms with Crippen LogP contribution in [0.5, 0.6) is 5.88 Å². The van der Waals surface area contributed by atoms with E-state index < -0.39 is 6.61 Å². The summed E-state index contributed by atoms with van der Waals surface area (Å²) in [6, 6.07) is 15.6. The Kier molecular flexibility index (Phi) is 10.0. The molecule has 2 aromatic carbocycles. The Hall–Kier alpha value is -4.47. The molecule has 16 heteroatoms. The number of aryl methyl sites for hydroxylation is 1. The molecule has 1 amide bonds. The first-order chi connectivity index (χ1) is 27.5. The highest BCUT2D eigenvalue weighted by Crippen LogP contribution is 2.65. The summed E-state index contributed by atoms with van der Waals surface area (Å²) in [5.74, 6) is 0.249. The summed E-state index contributed by atoms with van der Waals surface area (Å²) in [7, 11) is 1.47. The van der Waals surface area contributed by atoms with Crippen molar-refractivity contribution in [2.24, 2.45) is 5.92 Å². The molecular weight excluding hydrogens is 795 g/mol. The van der Waals surface area contributed by atoms with Crippen molar-refractivity contribution in [3.8, 4) is 28.3 Å². The quantitative estimate of drug-likeness (QED) is 0.0791. The molecule has 5 unspecified atom stereocenters. The maximum atomic E-state index is 13.6. The number of benzene rings is 2. The number of carbonyl (C=O) groups is 2. The SMILES string of the molecule is COC(=O)C1CC2CC3(Cc4nc5c(Nc6cccc(-c7cccc(-c8cc(C)c(CNC[C@@H]9CCC(=O)N9)c(OC(F)F)n8)c7Cl)c6Cl)nccc5s4)C(C1)N23. The largest absolute Gasteiger partial charge is 0.469 e. The van der Waals surface area contributed by atoms with Crippen LogP contribution in [0.25, 0.3) is 32.6 Å². The molecule has 6 atom stereocenters. The molecule has 9 rings (SSSR count). The molecule has 4 aliphatic rings. The molecule has 3 N–H and O–H groups in total. The molecule has 11 nitrogen and oxygen atoms in total. The monoisotopic (exact) mass is 833 g/mol. The minimum absolute atomic E-state index is 0.00287. The lowest BCUT2D eigenvalue weighted by molar-refractivity contribution is -0.147. The number of rotatable bonds is 13. The van der Waals surface area contributed by atoms with Crippen molar-refractivity contribution >= 4 is 68.1 Å². The zero-order chi connectivity index (χ0) is 39.6. The van der Waals surface area contributed by atoms with Crippen molar-refractivity contribution in [2.75, 3.05) is 19.0 Å². The van der Waals surface area contributed by atoms with Gasteiger partial charge in [0.2, 0.25) is 11.8 Å². The van der Waals surface area contributed by atoms with Gasteiger partial charge in [0, 0.05) is 78.0 Å². The van der Waals surface area contributed by atoms with Gasteiger partial charge in [-0.1, -0.05) is 53.5 Å². The minimum atomic E-state index is -3.08. The molecule has 0 radical (unpaired) electrons. The van der Waals surface area contributed by atoms with Gasteiger partial charge in [0.25, 0.3) is 0 Å². The second-order valence-electron chi connectivity index (χ2n) is 15.2. The average Bonchev–Trinajstić information content (AvgIpc) is 3.42. The summed E-state index contributed by atoms with van der Waals surface area (Å²) in [6.45, 7) is -0.566. The zero-order valence-corrected chi connectivity index (χ0v) is 33.4. The number of amides is 1. The van der Waals surface area contributed by atoms with E-state index in [-0.39, 0.29) is 41.8 Å². The summed E-state index contributed by atoms with van der Waals surface area (Å²) in [6.07, 6.45) is 6.53. The zero-order valence-electron chi connectivity index (χ0n) is 31.1. The number of nitrogens with one attached hydrogen (secondary N) is 3. The summed E-state index contributed by atoms with van der Waals surface area (Å²) in [4.78, 5) is 40.7. The first kappa shape index (κ1) is 38.1. The third-order valence-electron chi connectivity index (χ3n) is 11.9. The number of halogens is 4. The number of piperidine rings is 1. The van der Waals surface area contributed by atoms with Crippen molar-refractivity contribution in [1.29, 1.82) is 0 Å². The summed E-state index contributed by atoms with van der Waals surface area (Å²) < 4.78 is 38.3. The number of ether oxygens (including phenoxy) is 2.